The Bertz CT molecular complexity index is 425. The monoisotopic (exact) mass is 326 g/mol. The molecule has 19 heavy (non-hydrogen) atoms. The largest absolute Gasteiger partial charge is 0.497 e. The van der Waals surface area contributed by atoms with Crippen LogP contribution in [0, 0.1) is 5.92 Å². The smallest absolute Gasteiger partial charge is 0.122 e. The molecule has 1 fully saturated rings. The molecular formula is C15H23BrN2O. The number of piperidine rings is 1. The fourth-order valence-electron chi connectivity index (χ4n) is 2.76. The van der Waals surface area contributed by atoms with Gasteiger partial charge in [-0.05, 0) is 51.4 Å². The minimum Gasteiger partial charge on any atom is -0.497 e. The molecule has 1 aliphatic heterocycles. The van der Waals surface area contributed by atoms with Crippen LogP contribution in [0.15, 0.2) is 22.7 Å². The van der Waals surface area contributed by atoms with Gasteiger partial charge in [-0.3, -0.25) is 0 Å². The molecule has 106 valence electrons. The van der Waals surface area contributed by atoms with Crippen molar-refractivity contribution in [3.05, 3.63) is 22.7 Å². The molecule has 2 rings (SSSR count). The van der Waals surface area contributed by atoms with Gasteiger partial charge in [0.05, 0.1) is 7.11 Å². The molecule has 0 aromatic heterocycles. The third-order valence-electron chi connectivity index (χ3n) is 3.87. The lowest BCUT2D eigenvalue weighted by Gasteiger charge is -2.34. The van der Waals surface area contributed by atoms with E-state index in [2.05, 4.69) is 46.2 Å². The maximum absolute atomic E-state index is 5.30. The van der Waals surface area contributed by atoms with E-state index in [4.69, 9.17) is 4.74 Å². The van der Waals surface area contributed by atoms with Crippen LogP contribution in [0.5, 0.6) is 5.75 Å². The first-order chi connectivity index (χ1) is 9.08. The summed E-state index contributed by atoms with van der Waals surface area (Å²) in [5, 5.41) is 3.61. The zero-order valence-corrected chi connectivity index (χ0v) is 13.5. The van der Waals surface area contributed by atoms with Crippen molar-refractivity contribution in [2.75, 3.05) is 32.6 Å². The molecule has 2 atom stereocenters. The van der Waals surface area contributed by atoms with E-state index < -0.39 is 0 Å². The summed E-state index contributed by atoms with van der Waals surface area (Å²) in [6, 6.07) is 6.60. The van der Waals surface area contributed by atoms with Gasteiger partial charge in [0.25, 0.3) is 0 Å². The molecule has 1 aliphatic rings. The molecule has 0 saturated carbocycles. The van der Waals surface area contributed by atoms with Crippen LogP contribution in [0.4, 0.5) is 5.69 Å². The summed E-state index contributed by atoms with van der Waals surface area (Å²) in [5.74, 6) is 1.59. The van der Waals surface area contributed by atoms with E-state index in [1.807, 2.05) is 12.1 Å². The van der Waals surface area contributed by atoms with Crippen molar-refractivity contribution in [1.82, 2.24) is 4.90 Å². The van der Waals surface area contributed by atoms with Gasteiger partial charge in [-0.2, -0.15) is 0 Å². The van der Waals surface area contributed by atoms with E-state index in [9.17, 15) is 0 Å². The molecule has 1 aromatic rings. The van der Waals surface area contributed by atoms with Crippen LogP contribution in [0.3, 0.4) is 0 Å². The summed E-state index contributed by atoms with van der Waals surface area (Å²) in [6.45, 7) is 4.68. The first-order valence-corrected chi connectivity index (χ1v) is 7.67. The van der Waals surface area contributed by atoms with E-state index in [1.165, 1.54) is 25.9 Å². The van der Waals surface area contributed by atoms with Crippen LogP contribution in [0.25, 0.3) is 0 Å². The number of benzene rings is 1. The van der Waals surface area contributed by atoms with Gasteiger partial charge in [0.2, 0.25) is 0 Å². The number of nitrogens with zero attached hydrogens (tertiary/aromatic N) is 1. The number of anilines is 1. The second kappa shape index (κ2) is 6.62. The Labute approximate surface area is 124 Å². The standard InChI is InChI=1S/C15H23BrN2O/c1-11(12-5-4-6-18(2)10-12)17-14-7-13(16)8-15(9-14)19-3/h7-9,11-12,17H,4-6,10H2,1-3H3. The Kier molecular flexibility index (Phi) is 5.11. The predicted octanol–water partition coefficient (Wildman–Crippen LogP) is 3.60. The van der Waals surface area contributed by atoms with Crippen LogP contribution in [0.1, 0.15) is 19.8 Å². The first kappa shape index (κ1) is 14.7. The van der Waals surface area contributed by atoms with Gasteiger partial charge in [0.15, 0.2) is 0 Å². The van der Waals surface area contributed by atoms with Crippen molar-refractivity contribution in [1.29, 1.82) is 0 Å². The van der Waals surface area contributed by atoms with Gasteiger partial charge in [0.1, 0.15) is 5.75 Å². The molecule has 2 unspecified atom stereocenters. The van der Waals surface area contributed by atoms with E-state index in [0.717, 1.165) is 15.9 Å². The summed E-state index contributed by atoms with van der Waals surface area (Å²) >= 11 is 3.52. The summed E-state index contributed by atoms with van der Waals surface area (Å²) in [4.78, 5) is 2.42. The predicted molar refractivity (Wildman–Crippen MR) is 84.0 cm³/mol. The lowest BCUT2D eigenvalue weighted by atomic mass is 9.92. The van der Waals surface area contributed by atoms with Crippen molar-refractivity contribution >= 4 is 21.6 Å². The summed E-state index contributed by atoms with van der Waals surface area (Å²) in [7, 11) is 3.91. The Morgan fingerprint density at radius 2 is 2.21 bits per heavy atom. The van der Waals surface area contributed by atoms with Crippen LogP contribution in [-0.2, 0) is 0 Å². The second-order valence-corrected chi connectivity index (χ2v) is 6.39. The lowest BCUT2D eigenvalue weighted by molar-refractivity contribution is 0.197. The first-order valence-electron chi connectivity index (χ1n) is 6.88. The molecular weight excluding hydrogens is 304 g/mol. The van der Waals surface area contributed by atoms with Gasteiger partial charge >= 0.3 is 0 Å². The van der Waals surface area contributed by atoms with Crippen LogP contribution in [-0.4, -0.2) is 38.2 Å². The van der Waals surface area contributed by atoms with E-state index in [0.29, 0.717) is 12.0 Å². The number of likely N-dealkylation sites (tertiary alicyclic amines) is 1. The third-order valence-corrected chi connectivity index (χ3v) is 4.33. The highest BCUT2D eigenvalue weighted by Gasteiger charge is 2.22. The van der Waals surface area contributed by atoms with Gasteiger partial charge in [-0.1, -0.05) is 15.9 Å². The molecule has 1 aromatic carbocycles. The van der Waals surface area contributed by atoms with E-state index in [-0.39, 0.29) is 0 Å². The summed E-state index contributed by atoms with van der Waals surface area (Å²) in [5.41, 5.74) is 1.12. The highest BCUT2D eigenvalue weighted by molar-refractivity contribution is 9.10. The minimum atomic E-state index is 0.474. The molecule has 0 spiro atoms. The molecule has 0 aliphatic carbocycles. The van der Waals surface area contributed by atoms with Gasteiger partial charge in [0, 0.05) is 28.8 Å². The number of hydrogen-bond donors (Lipinski definition) is 1. The Morgan fingerprint density at radius 1 is 1.42 bits per heavy atom. The van der Waals surface area contributed by atoms with Gasteiger partial charge in [-0.15, -0.1) is 0 Å². The van der Waals surface area contributed by atoms with Gasteiger partial charge < -0.3 is 15.0 Å². The quantitative estimate of drug-likeness (QED) is 0.914. The van der Waals surface area contributed by atoms with E-state index in [1.54, 1.807) is 7.11 Å². The maximum Gasteiger partial charge on any atom is 0.122 e. The van der Waals surface area contributed by atoms with Crippen molar-refractivity contribution in [3.63, 3.8) is 0 Å². The van der Waals surface area contributed by atoms with Crippen molar-refractivity contribution < 1.29 is 4.74 Å². The topological polar surface area (TPSA) is 24.5 Å². The molecule has 4 heteroatoms. The summed E-state index contributed by atoms with van der Waals surface area (Å²) < 4.78 is 6.35. The number of ether oxygens (including phenoxy) is 1. The lowest BCUT2D eigenvalue weighted by Crippen LogP contribution is -2.39. The van der Waals surface area contributed by atoms with Crippen LogP contribution in [0.2, 0.25) is 0 Å². The average molecular weight is 327 g/mol. The Morgan fingerprint density at radius 3 is 2.89 bits per heavy atom. The van der Waals surface area contributed by atoms with Crippen molar-refractivity contribution in [2.45, 2.75) is 25.8 Å². The molecule has 0 amide bonds. The average Bonchev–Trinajstić information content (AvgIpc) is 2.38. The number of rotatable bonds is 4. The van der Waals surface area contributed by atoms with Crippen molar-refractivity contribution in [3.8, 4) is 5.75 Å². The van der Waals surface area contributed by atoms with Gasteiger partial charge in [-0.25, -0.2) is 0 Å². The molecule has 0 radical (unpaired) electrons. The highest BCUT2D eigenvalue weighted by atomic mass is 79.9. The fourth-order valence-corrected chi connectivity index (χ4v) is 3.23. The molecule has 1 N–H and O–H groups in total. The Balaban J connectivity index is 2.01. The van der Waals surface area contributed by atoms with Crippen molar-refractivity contribution in [2.24, 2.45) is 5.92 Å². The third kappa shape index (κ3) is 4.11. The highest BCUT2D eigenvalue weighted by Crippen LogP contribution is 2.27. The molecule has 0 bridgehead atoms. The second-order valence-electron chi connectivity index (χ2n) is 5.48. The minimum absolute atomic E-state index is 0.474. The van der Waals surface area contributed by atoms with E-state index >= 15 is 0 Å². The molecule has 3 nitrogen and oxygen atoms in total. The molecule has 1 saturated heterocycles. The van der Waals surface area contributed by atoms with Crippen LogP contribution >= 0.6 is 15.9 Å². The number of methoxy groups -OCH3 is 1. The maximum atomic E-state index is 5.30. The fraction of sp³-hybridized carbons (Fsp3) is 0.600. The number of nitrogens with one attached hydrogen (secondary N) is 1. The Hall–Kier alpha value is -0.740. The zero-order valence-electron chi connectivity index (χ0n) is 11.9. The summed E-state index contributed by atoms with van der Waals surface area (Å²) in [6.07, 6.45) is 2.61. The van der Waals surface area contributed by atoms with Crippen LogP contribution < -0.4 is 10.1 Å². The number of hydrogen-bond acceptors (Lipinski definition) is 3. The SMILES string of the molecule is COc1cc(Br)cc(NC(C)C2CCCN(C)C2)c1. The molecule has 1 heterocycles. The normalized spacial score (nSPS) is 22.0. The number of halogens is 1. The zero-order chi connectivity index (χ0) is 13.8.